The summed E-state index contributed by atoms with van der Waals surface area (Å²) in [5.41, 5.74) is 5.57. The lowest BCUT2D eigenvalue weighted by Gasteiger charge is -2.04. The first-order valence-corrected chi connectivity index (χ1v) is 6.97. The molecule has 0 aliphatic carbocycles. The Morgan fingerprint density at radius 3 is 2.43 bits per heavy atom. The van der Waals surface area contributed by atoms with Crippen molar-refractivity contribution in [1.29, 1.82) is 0 Å². The van der Waals surface area contributed by atoms with Gasteiger partial charge in [0, 0.05) is 5.56 Å². The number of hydrogen-bond donors (Lipinski definition) is 1. The minimum atomic E-state index is -0.240. The van der Waals surface area contributed by atoms with Crippen LogP contribution in [-0.4, -0.2) is 31.8 Å². The van der Waals surface area contributed by atoms with Gasteiger partial charge in [-0.05, 0) is 47.2 Å². The maximum absolute atomic E-state index is 11.9. The maximum Gasteiger partial charge on any atom is 0.271 e. The molecule has 0 atom stereocenters. The number of nitrogens with one attached hydrogen (secondary N) is 1. The average molecular weight is 306 g/mol. The Hall–Kier alpha value is -3.35. The minimum Gasteiger partial charge on any atom is -0.267 e. The van der Waals surface area contributed by atoms with Crippen LogP contribution in [0.4, 0.5) is 0 Å². The summed E-state index contributed by atoms with van der Waals surface area (Å²) in [6.07, 6.45) is 1.52. The standard InChI is InChI=1S/C16H14N6O/c1-12(18-19-16(23)14-5-3-2-4-6-14)13-7-9-15(10-8-13)22-11-17-20-21-22/h2-11H,1H3,(H,19,23). The summed E-state index contributed by atoms with van der Waals surface area (Å²) in [5.74, 6) is -0.240. The quantitative estimate of drug-likeness (QED) is 0.588. The molecule has 0 aliphatic rings. The van der Waals surface area contributed by atoms with E-state index in [0.717, 1.165) is 11.3 Å². The second kappa shape index (κ2) is 6.61. The van der Waals surface area contributed by atoms with Gasteiger partial charge in [0.2, 0.25) is 0 Å². The third-order valence-electron chi connectivity index (χ3n) is 3.26. The van der Waals surface area contributed by atoms with Crippen LogP contribution in [0.15, 0.2) is 66.0 Å². The largest absolute Gasteiger partial charge is 0.271 e. The molecule has 3 rings (SSSR count). The van der Waals surface area contributed by atoms with Crippen LogP contribution in [0, 0.1) is 0 Å². The average Bonchev–Trinajstić information content (AvgIpc) is 3.15. The number of amides is 1. The van der Waals surface area contributed by atoms with Crippen LogP contribution >= 0.6 is 0 Å². The van der Waals surface area contributed by atoms with E-state index in [9.17, 15) is 4.79 Å². The van der Waals surface area contributed by atoms with Gasteiger partial charge in [-0.2, -0.15) is 5.10 Å². The number of hydrazone groups is 1. The van der Waals surface area contributed by atoms with E-state index in [0.29, 0.717) is 11.3 Å². The summed E-state index contributed by atoms with van der Waals surface area (Å²) in [6, 6.07) is 16.5. The highest BCUT2D eigenvalue weighted by molar-refractivity contribution is 6.00. The number of aromatic nitrogens is 4. The van der Waals surface area contributed by atoms with Gasteiger partial charge in [-0.25, -0.2) is 10.1 Å². The molecule has 0 spiro atoms. The Bertz CT molecular complexity index is 810. The molecule has 0 unspecified atom stereocenters. The molecule has 7 heteroatoms. The number of nitrogens with zero attached hydrogens (tertiary/aromatic N) is 5. The Labute approximate surface area is 132 Å². The molecule has 7 nitrogen and oxygen atoms in total. The molecule has 3 aromatic rings. The van der Waals surface area contributed by atoms with Crippen molar-refractivity contribution >= 4 is 11.6 Å². The van der Waals surface area contributed by atoms with Gasteiger partial charge in [0.25, 0.3) is 5.91 Å². The maximum atomic E-state index is 11.9. The molecule has 1 aromatic heterocycles. The van der Waals surface area contributed by atoms with Gasteiger partial charge < -0.3 is 0 Å². The van der Waals surface area contributed by atoms with Crippen molar-refractivity contribution in [2.45, 2.75) is 6.92 Å². The summed E-state index contributed by atoms with van der Waals surface area (Å²) in [7, 11) is 0. The number of tetrazole rings is 1. The van der Waals surface area contributed by atoms with Gasteiger partial charge in [0.15, 0.2) is 0 Å². The molecule has 0 saturated carbocycles. The first kappa shape index (κ1) is 14.6. The molecule has 0 fully saturated rings. The van der Waals surface area contributed by atoms with Crippen molar-refractivity contribution in [2.75, 3.05) is 0 Å². The molecule has 2 aromatic carbocycles. The highest BCUT2D eigenvalue weighted by atomic mass is 16.2. The zero-order valence-electron chi connectivity index (χ0n) is 12.4. The van der Waals surface area contributed by atoms with E-state index in [4.69, 9.17) is 0 Å². The van der Waals surface area contributed by atoms with E-state index in [1.54, 1.807) is 16.8 Å². The van der Waals surface area contributed by atoms with Crippen LogP contribution in [0.5, 0.6) is 0 Å². The third kappa shape index (κ3) is 3.46. The van der Waals surface area contributed by atoms with Gasteiger partial charge in [-0.3, -0.25) is 4.79 Å². The molecule has 1 heterocycles. The molecule has 114 valence electrons. The first-order chi connectivity index (χ1) is 11.2. The lowest BCUT2D eigenvalue weighted by Crippen LogP contribution is -2.19. The van der Waals surface area contributed by atoms with Crippen molar-refractivity contribution in [3.63, 3.8) is 0 Å². The number of carbonyl (C=O) groups excluding carboxylic acids is 1. The molecule has 0 bridgehead atoms. The van der Waals surface area contributed by atoms with Gasteiger partial charge in [-0.1, -0.05) is 30.3 Å². The normalized spacial score (nSPS) is 11.3. The predicted octanol–water partition coefficient (Wildman–Crippen LogP) is 1.82. The molecule has 0 aliphatic heterocycles. The number of carbonyl (C=O) groups is 1. The van der Waals surface area contributed by atoms with Crippen molar-refractivity contribution in [2.24, 2.45) is 5.10 Å². The van der Waals surface area contributed by atoms with Crippen LogP contribution in [-0.2, 0) is 0 Å². The second-order valence-corrected chi connectivity index (χ2v) is 4.81. The fourth-order valence-corrected chi connectivity index (χ4v) is 1.99. The van der Waals surface area contributed by atoms with Crippen molar-refractivity contribution in [3.05, 3.63) is 72.1 Å². The summed E-state index contributed by atoms with van der Waals surface area (Å²) in [5, 5.41) is 15.1. The van der Waals surface area contributed by atoms with Crippen LogP contribution in [0.1, 0.15) is 22.8 Å². The third-order valence-corrected chi connectivity index (χ3v) is 3.26. The van der Waals surface area contributed by atoms with Gasteiger partial charge >= 0.3 is 0 Å². The predicted molar refractivity (Wildman–Crippen MR) is 85.3 cm³/mol. The first-order valence-electron chi connectivity index (χ1n) is 6.97. The second-order valence-electron chi connectivity index (χ2n) is 4.81. The summed E-state index contributed by atoms with van der Waals surface area (Å²) in [6.45, 7) is 1.83. The Morgan fingerprint density at radius 1 is 1.04 bits per heavy atom. The molecular weight excluding hydrogens is 292 g/mol. The fourth-order valence-electron chi connectivity index (χ4n) is 1.99. The van der Waals surface area contributed by atoms with Crippen molar-refractivity contribution in [1.82, 2.24) is 25.6 Å². The monoisotopic (exact) mass is 306 g/mol. The summed E-state index contributed by atoms with van der Waals surface area (Å²) >= 11 is 0. The van der Waals surface area contributed by atoms with Gasteiger partial charge in [0.05, 0.1) is 11.4 Å². The van der Waals surface area contributed by atoms with E-state index in [2.05, 4.69) is 26.1 Å². The van der Waals surface area contributed by atoms with E-state index in [1.807, 2.05) is 49.4 Å². The number of hydrogen-bond acceptors (Lipinski definition) is 5. The Kier molecular flexibility index (Phi) is 4.19. The Morgan fingerprint density at radius 2 is 1.78 bits per heavy atom. The minimum absolute atomic E-state index is 0.240. The molecule has 1 N–H and O–H groups in total. The lowest BCUT2D eigenvalue weighted by molar-refractivity contribution is 0.0955. The SMILES string of the molecule is CC(=NNC(=O)c1ccccc1)c1ccc(-n2cnnn2)cc1. The van der Waals surface area contributed by atoms with E-state index >= 15 is 0 Å². The smallest absolute Gasteiger partial charge is 0.267 e. The summed E-state index contributed by atoms with van der Waals surface area (Å²) in [4.78, 5) is 11.9. The molecule has 23 heavy (non-hydrogen) atoms. The van der Waals surface area contributed by atoms with Crippen molar-refractivity contribution in [3.8, 4) is 5.69 Å². The molecule has 0 saturated heterocycles. The number of rotatable bonds is 4. The van der Waals surface area contributed by atoms with Gasteiger partial charge in [-0.15, -0.1) is 5.10 Å². The van der Waals surface area contributed by atoms with Crippen LogP contribution in [0.25, 0.3) is 5.69 Å². The lowest BCUT2D eigenvalue weighted by atomic mass is 10.1. The topological polar surface area (TPSA) is 85.1 Å². The zero-order valence-corrected chi connectivity index (χ0v) is 12.4. The van der Waals surface area contributed by atoms with E-state index in [1.165, 1.54) is 6.33 Å². The van der Waals surface area contributed by atoms with Crippen LogP contribution < -0.4 is 5.43 Å². The van der Waals surface area contributed by atoms with Gasteiger partial charge in [0.1, 0.15) is 6.33 Å². The fraction of sp³-hybridized carbons (Fsp3) is 0.0625. The highest BCUT2D eigenvalue weighted by Crippen LogP contribution is 2.08. The van der Waals surface area contributed by atoms with E-state index < -0.39 is 0 Å². The molecular formula is C16H14N6O. The Balaban J connectivity index is 1.70. The van der Waals surface area contributed by atoms with Crippen LogP contribution in [0.2, 0.25) is 0 Å². The molecule has 1 amide bonds. The van der Waals surface area contributed by atoms with Crippen molar-refractivity contribution < 1.29 is 4.79 Å². The number of benzene rings is 2. The molecule has 0 radical (unpaired) electrons. The highest BCUT2D eigenvalue weighted by Gasteiger charge is 2.04. The van der Waals surface area contributed by atoms with E-state index in [-0.39, 0.29) is 5.91 Å². The summed E-state index contributed by atoms with van der Waals surface area (Å²) < 4.78 is 1.56. The van der Waals surface area contributed by atoms with Crippen LogP contribution in [0.3, 0.4) is 0 Å². The zero-order chi connectivity index (χ0) is 16.1.